The molecule has 7 nitrogen and oxygen atoms in total. The fourth-order valence-electron chi connectivity index (χ4n) is 3.31. The summed E-state index contributed by atoms with van der Waals surface area (Å²) in [7, 11) is 1.56. The van der Waals surface area contributed by atoms with E-state index in [0.29, 0.717) is 38.9 Å². The Labute approximate surface area is 198 Å². The van der Waals surface area contributed by atoms with E-state index >= 15 is 0 Å². The number of halogens is 2. The molecule has 1 heterocycles. The summed E-state index contributed by atoms with van der Waals surface area (Å²) in [6.07, 6.45) is 0. The molecule has 164 valence electrons. The number of benzene rings is 3. The molecule has 4 aromatic rings. The summed E-state index contributed by atoms with van der Waals surface area (Å²) < 4.78 is 11.7. The van der Waals surface area contributed by atoms with E-state index in [1.54, 1.807) is 37.4 Å². The van der Waals surface area contributed by atoms with E-state index < -0.39 is 0 Å². The van der Waals surface area contributed by atoms with Crippen molar-refractivity contribution < 1.29 is 14.3 Å². The number of nitrogens with zero attached hydrogens (tertiary/aromatic N) is 3. The third-order valence-corrected chi connectivity index (χ3v) is 5.64. The lowest BCUT2D eigenvalue weighted by molar-refractivity contribution is -0.118. The molecule has 0 aliphatic carbocycles. The Balaban J connectivity index is 1.47. The molecule has 0 atom stereocenters. The van der Waals surface area contributed by atoms with Crippen LogP contribution < -0.4 is 14.8 Å². The van der Waals surface area contributed by atoms with E-state index in [1.165, 1.54) is 4.80 Å². The molecule has 0 radical (unpaired) electrons. The molecule has 0 saturated carbocycles. The van der Waals surface area contributed by atoms with Crippen LogP contribution in [0.4, 0.5) is 5.69 Å². The van der Waals surface area contributed by atoms with Gasteiger partial charge in [-0.3, -0.25) is 4.79 Å². The van der Waals surface area contributed by atoms with Crippen LogP contribution in [0.2, 0.25) is 5.02 Å². The molecule has 1 N–H and O–H groups in total. The van der Waals surface area contributed by atoms with Crippen molar-refractivity contribution in [2.45, 2.75) is 13.8 Å². The Morgan fingerprint density at radius 1 is 1.09 bits per heavy atom. The predicted octanol–water partition coefficient (Wildman–Crippen LogP) is 5.48. The minimum Gasteiger partial charge on any atom is -0.495 e. The van der Waals surface area contributed by atoms with Crippen molar-refractivity contribution >= 4 is 50.2 Å². The highest BCUT2D eigenvalue weighted by molar-refractivity contribution is 9.10. The van der Waals surface area contributed by atoms with Crippen LogP contribution >= 0.6 is 27.5 Å². The van der Waals surface area contributed by atoms with E-state index in [9.17, 15) is 4.79 Å². The van der Waals surface area contributed by atoms with Gasteiger partial charge in [0, 0.05) is 5.69 Å². The first-order valence-electron chi connectivity index (χ1n) is 9.74. The number of hydrogen-bond acceptors (Lipinski definition) is 5. The molecule has 4 rings (SSSR count). The van der Waals surface area contributed by atoms with Crippen molar-refractivity contribution in [3.05, 3.63) is 69.2 Å². The molecule has 1 amide bonds. The second kappa shape index (κ2) is 9.18. The number of aromatic nitrogens is 3. The summed E-state index contributed by atoms with van der Waals surface area (Å²) in [6.45, 7) is 3.83. The average Bonchev–Trinajstić information content (AvgIpc) is 3.16. The molecular formula is C23H20BrClN4O3. The summed E-state index contributed by atoms with van der Waals surface area (Å²) in [6, 6.07) is 14.6. The lowest BCUT2D eigenvalue weighted by atomic mass is 10.1. The fourth-order valence-corrected chi connectivity index (χ4v) is 4.35. The molecule has 32 heavy (non-hydrogen) atoms. The minimum absolute atomic E-state index is 0.114. The third-order valence-electron chi connectivity index (χ3n) is 4.75. The van der Waals surface area contributed by atoms with Crippen molar-refractivity contribution in [1.29, 1.82) is 0 Å². The molecule has 0 bridgehead atoms. The highest BCUT2D eigenvalue weighted by atomic mass is 79.9. The monoisotopic (exact) mass is 514 g/mol. The van der Waals surface area contributed by atoms with Crippen LogP contribution in [0, 0.1) is 13.8 Å². The van der Waals surface area contributed by atoms with Crippen LogP contribution in [0.3, 0.4) is 0 Å². The van der Waals surface area contributed by atoms with Crippen molar-refractivity contribution in [3.63, 3.8) is 0 Å². The van der Waals surface area contributed by atoms with Gasteiger partial charge in [0.15, 0.2) is 6.61 Å². The zero-order chi connectivity index (χ0) is 22.8. The maximum Gasteiger partial charge on any atom is 0.262 e. The molecular weight excluding hydrogens is 496 g/mol. The van der Waals surface area contributed by atoms with Gasteiger partial charge in [0.25, 0.3) is 5.91 Å². The number of amides is 1. The molecule has 0 fully saturated rings. The number of carbonyl (C=O) groups excluding carboxylic acids is 1. The summed E-state index contributed by atoms with van der Waals surface area (Å²) in [4.78, 5) is 13.9. The number of anilines is 1. The fraction of sp³-hybridized carbons (Fsp3) is 0.174. The summed E-state index contributed by atoms with van der Waals surface area (Å²) in [5.41, 5.74) is 4.69. The van der Waals surface area contributed by atoms with Gasteiger partial charge in [0.2, 0.25) is 0 Å². The highest BCUT2D eigenvalue weighted by Gasteiger charge is 2.12. The van der Waals surface area contributed by atoms with E-state index in [0.717, 1.165) is 15.6 Å². The first-order chi connectivity index (χ1) is 15.3. The number of aryl methyl sites for hydroxylation is 2. The van der Waals surface area contributed by atoms with Gasteiger partial charge in [-0.25, -0.2) is 0 Å². The smallest absolute Gasteiger partial charge is 0.262 e. The van der Waals surface area contributed by atoms with Crippen LogP contribution in [0.15, 0.2) is 53.0 Å². The Morgan fingerprint density at radius 3 is 2.59 bits per heavy atom. The molecule has 0 unspecified atom stereocenters. The lowest BCUT2D eigenvalue weighted by Crippen LogP contribution is -2.20. The molecule has 9 heteroatoms. The quantitative estimate of drug-likeness (QED) is 0.368. The van der Waals surface area contributed by atoms with Crippen LogP contribution in [0.1, 0.15) is 11.1 Å². The van der Waals surface area contributed by atoms with E-state index in [1.807, 2.05) is 32.0 Å². The molecule has 1 aromatic heterocycles. The standard InChI is InChI=1S/C23H20BrClN4O3/c1-13-8-14(2)23(17(24)9-13)32-12-22(30)26-15-4-6-19-20(10-15)28-29(27-19)16-5-7-21(31-3)18(25)11-16/h4-11H,12H2,1-3H3,(H,26,30). The molecule has 0 spiro atoms. The van der Waals surface area contributed by atoms with Gasteiger partial charge in [0.1, 0.15) is 22.5 Å². The number of hydrogen-bond donors (Lipinski definition) is 1. The summed E-state index contributed by atoms with van der Waals surface area (Å²) in [5, 5.41) is 12.3. The third kappa shape index (κ3) is 4.71. The molecule has 3 aromatic carbocycles. The summed E-state index contributed by atoms with van der Waals surface area (Å²) >= 11 is 9.69. The second-order valence-electron chi connectivity index (χ2n) is 7.24. The first-order valence-corrected chi connectivity index (χ1v) is 10.9. The second-order valence-corrected chi connectivity index (χ2v) is 8.50. The zero-order valence-corrected chi connectivity index (χ0v) is 20.0. The van der Waals surface area contributed by atoms with Crippen molar-refractivity contribution in [2.75, 3.05) is 19.0 Å². The molecule has 0 saturated heterocycles. The number of fused-ring (bicyclic) bond motifs is 1. The van der Waals surface area contributed by atoms with Gasteiger partial charge in [-0.15, -0.1) is 10.2 Å². The SMILES string of the molecule is COc1ccc(-n2nc3ccc(NC(=O)COc4c(C)cc(C)cc4Br)cc3n2)cc1Cl. The molecule has 0 aliphatic heterocycles. The largest absolute Gasteiger partial charge is 0.495 e. The van der Waals surface area contributed by atoms with Crippen LogP contribution in [0.25, 0.3) is 16.7 Å². The number of ether oxygens (including phenoxy) is 2. The normalized spacial score (nSPS) is 10.9. The minimum atomic E-state index is -0.273. The number of rotatable bonds is 6. The van der Waals surface area contributed by atoms with Crippen molar-refractivity contribution in [1.82, 2.24) is 15.0 Å². The molecule has 0 aliphatic rings. The zero-order valence-electron chi connectivity index (χ0n) is 17.6. The van der Waals surface area contributed by atoms with Crippen LogP contribution in [-0.2, 0) is 4.79 Å². The number of methoxy groups -OCH3 is 1. The Morgan fingerprint density at radius 2 is 1.88 bits per heavy atom. The van der Waals surface area contributed by atoms with Gasteiger partial charge < -0.3 is 14.8 Å². The Bertz CT molecular complexity index is 1300. The topological polar surface area (TPSA) is 78.3 Å². The first kappa shape index (κ1) is 22.1. The van der Waals surface area contributed by atoms with Gasteiger partial charge in [-0.1, -0.05) is 17.7 Å². The van der Waals surface area contributed by atoms with Gasteiger partial charge in [-0.05, 0) is 83.4 Å². The van der Waals surface area contributed by atoms with Crippen molar-refractivity contribution in [3.8, 4) is 17.2 Å². The number of carbonyl (C=O) groups is 1. The average molecular weight is 516 g/mol. The van der Waals surface area contributed by atoms with Gasteiger partial charge in [0.05, 0.1) is 22.3 Å². The van der Waals surface area contributed by atoms with Crippen LogP contribution in [-0.4, -0.2) is 34.6 Å². The maximum absolute atomic E-state index is 12.4. The van der Waals surface area contributed by atoms with Crippen molar-refractivity contribution in [2.24, 2.45) is 0 Å². The van der Waals surface area contributed by atoms with E-state index in [2.05, 4.69) is 31.4 Å². The van der Waals surface area contributed by atoms with Gasteiger partial charge in [-0.2, -0.15) is 4.80 Å². The Kier molecular flexibility index (Phi) is 6.34. The maximum atomic E-state index is 12.4. The Hall–Kier alpha value is -3.10. The van der Waals surface area contributed by atoms with Crippen LogP contribution in [0.5, 0.6) is 11.5 Å². The van der Waals surface area contributed by atoms with E-state index in [4.69, 9.17) is 21.1 Å². The summed E-state index contributed by atoms with van der Waals surface area (Å²) in [5.74, 6) is 0.958. The number of nitrogens with one attached hydrogen (secondary N) is 1. The van der Waals surface area contributed by atoms with E-state index in [-0.39, 0.29) is 12.5 Å². The van der Waals surface area contributed by atoms with Gasteiger partial charge >= 0.3 is 0 Å². The predicted molar refractivity (Wildman–Crippen MR) is 128 cm³/mol. The highest BCUT2D eigenvalue weighted by Crippen LogP contribution is 2.30. The lowest BCUT2D eigenvalue weighted by Gasteiger charge is -2.12.